The van der Waals surface area contributed by atoms with Crippen molar-refractivity contribution in [2.24, 2.45) is 5.41 Å². The van der Waals surface area contributed by atoms with Crippen LogP contribution in [0.2, 0.25) is 5.31 Å². The number of hydrogen-bond donors (Lipinski definition) is 1. The minimum Gasteiger partial charge on any atom is -0.399 e. The van der Waals surface area contributed by atoms with Gasteiger partial charge in [0.15, 0.2) is 0 Å². The van der Waals surface area contributed by atoms with Gasteiger partial charge >= 0.3 is 0 Å². The summed E-state index contributed by atoms with van der Waals surface area (Å²) in [6.45, 7) is 9.40. The summed E-state index contributed by atoms with van der Waals surface area (Å²) in [5, 5.41) is 0.305. The van der Waals surface area contributed by atoms with Gasteiger partial charge in [0.1, 0.15) is 7.28 Å². The zero-order chi connectivity index (χ0) is 12.0. The monoisotopic (exact) mass is 214 g/mol. The van der Waals surface area contributed by atoms with E-state index in [1.165, 1.54) is 12.0 Å². The van der Waals surface area contributed by atoms with Gasteiger partial charge in [-0.25, -0.2) is 0 Å². The molecule has 1 atom stereocenters. The highest BCUT2D eigenvalue weighted by Gasteiger charge is 2.47. The van der Waals surface area contributed by atoms with Crippen LogP contribution in [0.15, 0.2) is 24.3 Å². The van der Waals surface area contributed by atoms with E-state index in [4.69, 9.17) is 5.73 Å². The third kappa shape index (κ3) is 1.86. The van der Waals surface area contributed by atoms with Crippen molar-refractivity contribution in [3.05, 3.63) is 29.8 Å². The fourth-order valence-corrected chi connectivity index (χ4v) is 2.56. The minimum atomic E-state index is 0.305. The molecule has 1 unspecified atom stereocenters. The molecule has 2 rings (SSSR count). The quantitative estimate of drug-likeness (QED) is 0.560. The van der Waals surface area contributed by atoms with Crippen LogP contribution in [0, 0.1) is 5.41 Å². The summed E-state index contributed by atoms with van der Waals surface area (Å²) in [4.78, 5) is 0. The Hall–Kier alpha value is -0.915. The van der Waals surface area contributed by atoms with E-state index in [-0.39, 0.29) is 0 Å². The fourth-order valence-electron chi connectivity index (χ4n) is 2.56. The van der Waals surface area contributed by atoms with Crippen LogP contribution in [0.3, 0.4) is 0 Å². The Labute approximate surface area is 99.7 Å². The maximum atomic E-state index is 5.72. The summed E-state index contributed by atoms with van der Waals surface area (Å²) < 4.78 is 0. The number of nitrogen functional groups attached to an aromatic ring is 1. The highest BCUT2D eigenvalue weighted by molar-refractivity contribution is 6.43. The summed E-state index contributed by atoms with van der Waals surface area (Å²) in [7, 11) is 2.50. The predicted octanol–water partition coefficient (Wildman–Crippen LogP) is 3.64. The molecule has 0 aliphatic carbocycles. The van der Waals surface area contributed by atoms with Gasteiger partial charge in [-0.2, -0.15) is 0 Å². The van der Waals surface area contributed by atoms with Crippen LogP contribution in [0.4, 0.5) is 5.69 Å². The molecule has 0 spiro atoms. The number of anilines is 1. The van der Waals surface area contributed by atoms with Crippen molar-refractivity contribution in [1.29, 1.82) is 0 Å². The van der Waals surface area contributed by atoms with Crippen molar-refractivity contribution in [3.63, 3.8) is 0 Å². The zero-order valence-corrected chi connectivity index (χ0v) is 10.7. The molecule has 1 nitrogen and oxygen atoms in total. The molecule has 2 heteroatoms. The number of nitrogens with two attached hydrogens (primary N) is 1. The molecule has 1 saturated heterocycles. The first kappa shape index (κ1) is 11.6. The van der Waals surface area contributed by atoms with Gasteiger partial charge in [0, 0.05) is 5.69 Å². The van der Waals surface area contributed by atoms with Crippen LogP contribution < -0.4 is 5.73 Å². The average molecular weight is 214 g/mol. The van der Waals surface area contributed by atoms with Crippen LogP contribution in [0.25, 0.3) is 0 Å². The Morgan fingerprint density at radius 3 is 2.12 bits per heavy atom. The molecule has 1 aliphatic heterocycles. The highest BCUT2D eigenvalue weighted by Crippen LogP contribution is 2.57. The predicted molar refractivity (Wildman–Crippen MR) is 71.8 cm³/mol. The van der Waals surface area contributed by atoms with E-state index in [2.05, 4.69) is 47.1 Å². The lowest BCUT2D eigenvalue weighted by Crippen LogP contribution is -2.23. The van der Waals surface area contributed by atoms with Gasteiger partial charge in [-0.15, -0.1) is 0 Å². The second-order valence-electron chi connectivity index (χ2n) is 6.25. The maximum Gasteiger partial charge on any atom is 0.127 e. The molecule has 2 N–H and O–H groups in total. The number of rotatable bonds is 1. The standard InChI is InChI=1S/C14H21BN/c1-13(2)9-12(15-14(13,3)4)10-5-7-11(16)8-6-10/h5-8,12H,9,16H2,1-4H3. The molecule has 1 fully saturated rings. The Kier molecular flexibility index (Phi) is 2.56. The van der Waals surface area contributed by atoms with E-state index in [1.807, 2.05) is 12.1 Å². The number of benzene rings is 1. The van der Waals surface area contributed by atoms with Crippen molar-refractivity contribution in [2.45, 2.75) is 45.2 Å². The van der Waals surface area contributed by atoms with Crippen LogP contribution in [-0.2, 0) is 0 Å². The molecule has 0 aromatic heterocycles. The summed E-state index contributed by atoms with van der Waals surface area (Å²) in [6.07, 6.45) is 1.23. The highest BCUT2D eigenvalue weighted by atomic mass is 14.5. The van der Waals surface area contributed by atoms with E-state index < -0.39 is 0 Å². The van der Waals surface area contributed by atoms with Crippen LogP contribution >= 0.6 is 0 Å². The van der Waals surface area contributed by atoms with E-state index in [0.29, 0.717) is 16.5 Å². The van der Waals surface area contributed by atoms with E-state index in [1.54, 1.807) is 0 Å². The summed E-state index contributed by atoms with van der Waals surface area (Å²) in [5.41, 5.74) is 8.34. The van der Waals surface area contributed by atoms with Gasteiger partial charge in [0.2, 0.25) is 0 Å². The van der Waals surface area contributed by atoms with Crippen LogP contribution in [0.5, 0.6) is 0 Å². The fraction of sp³-hybridized carbons (Fsp3) is 0.571. The molecule has 0 amide bonds. The Bertz CT molecular complexity index is 362. The van der Waals surface area contributed by atoms with Crippen molar-refractivity contribution >= 4 is 13.0 Å². The summed E-state index contributed by atoms with van der Waals surface area (Å²) >= 11 is 0. The summed E-state index contributed by atoms with van der Waals surface area (Å²) in [5.74, 6) is 0.575. The van der Waals surface area contributed by atoms with Gasteiger partial charge in [-0.1, -0.05) is 50.7 Å². The molecule has 16 heavy (non-hydrogen) atoms. The van der Waals surface area contributed by atoms with E-state index in [0.717, 1.165) is 5.69 Å². The third-order valence-corrected chi connectivity index (χ3v) is 4.46. The summed E-state index contributed by atoms with van der Waals surface area (Å²) in [6, 6.07) is 8.32. The Morgan fingerprint density at radius 1 is 1.12 bits per heavy atom. The van der Waals surface area contributed by atoms with Crippen molar-refractivity contribution in [2.75, 3.05) is 5.73 Å². The molecule has 1 aromatic rings. The lowest BCUT2D eigenvalue weighted by Gasteiger charge is -2.34. The van der Waals surface area contributed by atoms with Gasteiger partial charge in [0.05, 0.1) is 0 Å². The second-order valence-corrected chi connectivity index (χ2v) is 6.25. The second kappa shape index (κ2) is 3.54. The van der Waals surface area contributed by atoms with Crippen molar-refractivity contribution in [3.8, 4) is 0 Å². The lowest BCUT2D eigenvalue weighted by atomic mass is 9.47. The van der Waals surface area contributed by atoms with Gasteiger partial charge in [-0.05, 0) is 29.8 Å². The van der Waals surface area contributed by atoms with E-state index >= 15 is 0 Å². The minimum absolute atomic E-state index is 0.305. The first-order chi connectivity index (χ1) is 7.32. The first-order valence-corrected chi connectivity index (χ1v) is 6.03. The molecular formula is C14H21BN. The topological polar surface area (TPSA) is 26.0 Å². The smallest absolute Gasteiger partial charge is 0.127 e. The SMILES string of the molecule is CC1(C)[B]C(c2ccc(N)cc2)CC1(C)C. The third-order valence-electron chi connectivity index (χ3n) is 4.46. The average Bonchev–Trinajstić information content (AvgIpc) is 2.37. The largest absolute Gasteiger partial charge is 0.399 e. The van der Waals surface area contributed by atoms with E-state index in [9.17, 15) is 0 Å². The molecule has 1 aromatic carbocycles. The van der Waals surface area contributed by atoms with Crippen molar-refractivity contribution < 1.29 is 0 Å². The zero-order valence-electron chi connectivity index (χ0n) is 10.7. The normalized spacial score (nSPS) is 26.4. The Morgan fingerprint density at radius 2 is 1.69 bits per heavy atom. The molecule has 0 bridgehead atoms. The first-order valence-electron chi connectivity index (χ1n) is 6.03. The molecule has 1 aliphatic rings. The number of hydrogen-bond acceptors (Lipinski definition) is 1. The lowest BCUT2D eigenvalue weighted by molar-refractivity contribution is 0.272. The van der Waals surface area contributed by atoms with Gasteiger partial charge < -0.3 is 5.73 Å². The molecule has 85 valence electrons. The van der Waals surface area contributed by atoms with Crippen molar-refractivity contribution in [1.82, 2.24) is 0 Å². The van der Waals surface area contributed by atoms with Crippen LogP contribution in [-0.4, -0.2) is 7.28 Å². The van der Waals surface area contributed by atoms with Crippen LogP contribution in [0.1, 0.15) is 45.5 Å². The molecule has 0 saturated carbocycles. The maximum absolute atomic E-state index is 5.72. The molecule has 1 heterocycles. The molecular weight excluding hydrogens is 193 g/mol. The Balaban J connectivity index is 2.23. The van der Waals surface area contributed by atoms with Gasteiger partial charge in [0.25, 0.3) is 0 Å². The van der Waals surface area contributed by atoms with Gasteiger partial charge in [-0.3, -0.25) is 0 Å². The molecule has 1 radical (unpaired) electrons.